The van der Waals surface area contributed by atoms with Crippen molar-refractivity contribution in [3.8, 4) is 11.5 Å². The van der Waals surface area contributed by atoms with Gasteiger partial charge in [-0.3, -0.25) is 4.79 Å². The second-order valence-corrected chi connectivity index (χ2v) is 6.64. The molecule has 0 bridgehead atoms. The Balaban J connectivity index is 1.91. The lowest BCUT2D eigenvalue weighted by Crippen LogP contribution is -2.45. The third-order valence-electron chi connectivity index (χ3n) is 4.96. The predicted molar refractivity (Wildman–Crippen MR) is 97.3 cm³/mol. The Morgan fingerprint density at radius 1 is 1.29 bits per heavy atom. The molecule has 4 heteroatoms. The molecule has 4 nitrogen and oxygen atoms in total. The van der Waals surface area contributed by atoms with Crippen LogP contribution in [0.2, 0.25) is 0 Å². The Bertz CT molecular complexity index is 582. The van der Waals surface area contributed by atoms with Gasteiger partial charge in [-0.15, -0.1) is 0 Å². The summed E-state index contributed by atoms with van der Waals surface area (Å²) in [6.07, 6.45) is 7.44. The van der Waals surface area contributed by atoms with Gasteiger partial charge >= 0.3 is 0 Å². The molecular formula is C20H29NO3. The van der Waals surface area contributed by atoms with E-state index >= 15 is 0 Å². The lowest BCUT2D eigenvalue weighted by Gasteiger charge is -2.34. The SMILES string of the molecule is C/C=C/c1ccc(OCC(=O)N[C@@H]2CCC[C@@H](C)[C@@H]2C)c(OC)c1. The molecule has 0 heterocycles. The highest BCUT2D eigenvalue weighted by atomic mass is 16.5. The maximum atomic E-state index is 12.2. The maximum Gasteiger partial charge on any atom is 0.258 e. The first-order chi connectivity index (χ1) is 11.5. The summed E-state index contributed by atoms with van der Waals surface area (Å²) in [5.41, 5.74) is 1.04. The largest absolute Gasteiger partial charge is 0.493 e. The van der Waals surface area contributed by atoms with Gasteiger partial charge < -0.3 is 14.8 Å². The molecule has 0 saturated heterocycles. The Labute approximate surface area is 145 Å². The van der Waals surface area contributed by atoms with Gasteiger partial charge in [0.05, 0.1) is 7.11 Å². The first-order valence-corrected chi connectivity index (χ1v) is 8.78. The van der Waals surface area contributed by atoms with E-state index in [1.54, 1.807) is 7.11 Å². The van der Waals surface area contributed by atoms with Gasteiger partial charge in [0.2, 0.25) is 0 Å². The molecule has 3 atom stereocenters. The highest BCUT2D eigenvalue weighted by Crippen LogP contribution is 2.30. The second kappa shape index (κ2) is 8.76. The normalized spacial score (nSPS) is 23.9. The Morgan fingerprint density at radius 3 is 2.79 bits per heavy atom. The van der Waals surface area contributed by atoms with Gasteiger partial charge in [0.25, 0.3) is 5.91 Å². The van der Waals surface area contributed by atoms with Gasteiger partial charge in [-0.1, -0.05) is 44.9 Å². The molecule has 1 aromatic rings. The van der Waals surface area contributed by atoms with Crippen molar-refractivity contribution in [2.75, 3.05) is 13.7 Å². The van der Waals surface area contributed by atoms with Gasteiger partial charge in [0, 0.05) is 6.04 Å². The van der Waals surface area contributed by atoms with E-state index in [1.165, 1.54) is 12.8 Å². The van der Waals surface area contributed by atoms with Crippen molar-refractivity contribution in [2.45, 2.75) is 46.1 Å². The van der Waals surface area contributed by atoms with Crippen molar-refractivity contribution in [3.63, 3.8) is 0 Å². The molecule has 24 heavy (non-hydrogen) atoms. The number of carbonyl (C=O) groups is 1. The van der Waals surface area contributed by atoms with Gasteiger partial charge in [0.15, 0.2) is 18.1 Å². The average molecular weight is 331 g/mol. The van der Waals surface area contributed by atoms with Crippen LogP contribution in [0.5, 0.6) is 11.5 Å². The Kier molecular flexibility index (Phi) is 6.71. The summed E-state index contributed by atoms with van der Waals surface area (Å²) in [6.45, 7) is 6.46. The monoisotopic (exact) mass is 331 g/mol. The summed E-state index contributed by atoms with van der Waals surface area (Å²) in [5.74, 6) is 2.33. The number of ether oxygens (including phenoxy) is 2. The zero-order valence-corrected chi connectivity index (χ0v) is 15.2. The van der Waals surface area contributed by atoms with Crippen LogP contribution >= 0.6 is 0 Å². The second-order valence-electron chi connectivity index (χ2n) is 6.64. The van der Waals surface area contributed by atoms with E-state index in [1.807, 2.05) is 37.3 Å². The number of rotatable bonds is 6. The topological polar surface area (TPSA) is 47.6 Å². The van der Waals surface area contributed by atoms with Crippen LogP contribution in [0.4, 0.5) is 0 Å². The van der Waals surface area contributed by atoms with Gasteiger partial charge in [-0.05, 0) is 42.9 Å². The Hall–Kier alpha value is -1.97. The van der Waals surface area contributed by atoms with Crippen LogP contribution < -0.4 is 14.8 Å². The maximum absolute atomic E-state index is 12.2. The van der Waals surface area contributed by atoms with E-state index in [4.69, 9.17) is 9.47 Å². The van der Waals surface area contributed by atoms with E-state index in [0.717, 1.165) is 12.0 Å². The van der Waals surface area contributed by atoms with Crippen molar-refractivity contribution >= 4 is 12.0 Å². The van der Waals surface area contributed by atoms with Crippen molar-refractivity contribution in [1.29, 1.82) is 0 Å². The van der Waals surface area contributed by atoms with Crippen molar-refractivity contribution in [2.24, 2.45) is 11.8 Å². The molecule has 1 N–H and O–H groups in total. The molecular weight excluding hydrogens is 302 g/mol. The number of hydrogen-bond donors (Lipinski definition) is 1. The molecule has 0 radical (unpaired) electrons. The molecule has 0 aliphatic heterocycles. The van der Waals surface area contributed by atoms with E-state index in [-0.39, 0.29) is 18.6 Å². The fourth-order valence-corrected chi connectivity index (χ4v) is 3.28. The van der Waals surface area contributed by atoms with Crippen LogP contribution in [-0.4, -0.2) is 25.7 Å². The van der Waals surface area contributed by atoms with E-state index in [2.05, 4.69) is 19.2 Å². The number of methoxy groups -OCH3 is 1. The highest BCUT2D eigenvalue weighted by Gasteiger charge is 2.28. The van der Waals surface area contributed by atoms with Crippen molar-refractivity contribution in [1.82, 2.24) is 5.32 Å². The quantitative estimate of drug-likeness (QED) is 0.855. The fraction of sp³-hybridized carbons (Fsp3) is 0.550. The van der Waals surface area contributed by atoms with Crippen molar-refractivity contribution < 1.29 is 14.3 Å². The van der Waals surface area contributed by atoms with Crippen molar-refractivity contribution in [3.05, 3.63) is 29.8 Å². The molecule has 132 valence electrons. The lowest BCUT2D eigenvalue weighted by molar-refractivity contribution is -0.124. The van der Waals surface area contributed by atoms with Gasteiger partial charge in [-0.25, -0.2) is 0 Å². The zero-order chi connectivity index (χ0) is 17.5. The minimum atomic E-state index is -0.0690. The van der Waals surface area contributed by atoms with Crippen LogP contribution in [0.3, 0.4) is 0 Å². The summed E-state index contributed by atoms with van der Waals surface area (Å²) in [4.78, 5) is 12.2. The summed E-state index contributed by atoms with van der Waals surface area (Å²) in [6, 6.07) is 5.94. The molecule has 0 spiro atoms. The fourth-order valence-electron chi connectivity index (χ4n) is 3.28. The summed E-state index contributed by atoms with van der Waals surface area (Å²) < 4.78 is 11.0. The molecule has 1 aromatic carbocycles. The molecule has 0 aromatic heterocycles. The minimum absolute atomic E-state index is 0.0108. The van der Waals surface area contributed by atoms with Crippen LogP contribution in [0.15, 0.2) is 24.3 Å². The molecule has 2 rings (SSSR count). The van der Waals surface area contributed by atoms with Gasteiger partial charge in [-0.2, -0.15) is 0 Å². The van der Waals surface area contributed by atoms with E-state index < -0.39 is 0 Å². The predicted octanol–water partition coefficient (Wildman–Crippen LogP) is 4.05. The number of nitrogens with one attached hydrogen (secondary N) is 1. The van der Waals surface area contributed by atoms with Crippen LogP contribution in [0, 0.1) is 11.8 Å². The molecule has 1 amide bonds. The smallest absolute Gasteiger partial charge is 0.258 e. The Morgan fingerprint density at radius 2 is 2.08 bits per heavy atom. The molecule has 1 saturated carbocycles. The number of benzene rings is 1. The molecule has 1 aliphatic carbocycles. The summed E-state index contributed by atoms with van der Waals surface area (Å²) >= 11 is 0. The summed E-state index contributed by atoms with van der Waals surface area (Å²) in [5, 5.41) is 3.12. The minimum Gasteiger partial charge on any atom is -0.493 e. The third kappa shape index (κ3) is 4.76. The zero-order valence-electron chi connectivity index (χ0n) is 15.2. The highest BCUT2D eigenvalue weighted by molar-refractivity contribution is 5.78. The van der Waals surface area contributed by atoms with E-state index in [9.17, 15) is 4.79 Å². The number of allylic oxidation sites excluding steroid dienone is 1. The molecule has 1 fully saturated rings. The average Bonchev–Trinajstić information content (AvgIpc) is 2.58. The number of amides is 1. The number of hydrogen-bond acceptors (Lipinski definition) is 3. The van der Waals surface area contributed by atoms with Crippen LogP contribution in [-0.2, 0) is 4.79 Å². The van der Waals surface area contributed by atoms with Gasteiger partial charge in [0.1, 0.15) is 0 Å². The third-order valence-corrected chi connectivity index (χ3v) is 4.96. The first-order valence-electron chi connectivity index (χ1n) is 8.78. The number of carbonyl (C=O) groups excluding carboxylic acids is 1. The summed E-state index contributed by atoms with van der Waals surface area (Å²) in [7, 11) is 1.60. The lowest BCUT2D eigenvalue weighted by atomic mass is 9.78. The standard InChI is InChI=1S/C20H29NO3/c1-5-7-16-10-11-18(19(12-16)23-4)24-13-20(22)21-17-9-6-8-14(2)15(17)3/h5,7,10-12,14-15,17H,6,8-9,13H2,1-4H3,(H,21,22)/b7-5+/t14-,15+,17-/m1/s1. The van der Waals surface area contributed by atoms with E-state index in [0.29, 0.717) is 23.3 Å². The molecule has 0 unspecified atom stereocenters. The van der Waals surface area contributed by atoms with Crippen LogP contribution in [0.25, 0.3) is 6.08 Å². The molecule has 1 aliphatic rings. The van der Waals surface area contributed by atoms with Crippen LogP contribution in [0.1, 0.15) is 45.6 Å². The first kappa shape index (κ1) is 18.4.